The molecule has 0 spiro atoms. The third-order valence-corrected chi connectivity index (χ3v) is 2.94. The molecule has 2 nitrogen and oxygen atoms in total. The third kappa shape index (κ3) is 12.0. The van der Waals surface area contributed by atoms with Crippen LogP contribution in [0.4, 0.5) is 0 Å². The molecule has 0 radical (unpaired) electrons. The second-order valence-corrected chi connectivity index (χ2v) is 4.94. The highest BCUT2D eigenvalue weighted by Crippen LogP contribution is 2.00. The van der Waals surface area contributed by atoms with E-state index in [0.29, 0.717) is 6.42 Å². The van der Waals surface area contributed by atoms with Crippen LogP contribution in [0.1, 0.15) is 18.4 Å². The van der Waals surface area contributed by atoms with E-state index in [1.54, 1.807) is 18.2 Å². The Morgan fingerprint density at radius 1 is 0.923 bits per heavy atom. The van der Waals surface area contributed by atoms with Crippen molar-refractivity contribution in [3.8, 4) is 23.7 Å². The van der Waals surface area contributed by atoms with Gasteiger partial charge in [-0.25, -0.2) is 4.79 Å². The second-order valence-electron chi connectivity index (χ2n) is 4.94. The van der Waals surface area contributed by atoms with Crippen molar-refractivity contribution in [3.63, 3.8) is 0 Å². The molecule has 2 heteroatoms. The van der Waals surface area contributed by atoms with E-state index in [-0.39, 0.29) is 5.97 Å². The van der Waals surface area contributed by atoms with Gasteiger partial charge in [-0.3, -0.25) is 0 Å². The Morgan fingerprint density at radius 2 is 1.58 bits per heavy atom. The summed E-state index contributed by atoms with van der Waals surface area (Å²) in [5.41, 5.74) is 1.19. The van der Waals surface area contributed by atoms with Crippen molar-refractivity contribution in [2.45, 2.75) is 12.8 Å². The Morgan fingerprint density at radius 3 is 2.23 bits per heavy atom. The summed E-state index contributed by atoms with van der Waals surface area (Å²) in [6.45, 7) is 0. The molecule has 0 saturated heterocycles. The summed E-state index contributed by atoms with van der Waals surface area (Å²) in [6, 6.07) is 10.2. The van der Waals surface area contributed by atoms with Crippen LogP contribution in [0, 0.1) is 23.7 Å². The molecule has 0 aliphatic heterocycles. The Hall–Kier alpha value is -3.49. The highest BCUT2D eigenvalue weighted by atomic mass is 16.5. The van der Waals surface area contributed by atoms with E-state index in [1.165, 1.54) is 18.7 Å². The lowest BCUT2D eigenvalue weighted by Gasteiger charge is -1.88. The Balaban J connectivity index is 2.19. The van der Waals surface area contributed by atoms with E-state index in [9.17, 15) is 4.79 Å². The fourth-order valence-corrected chi connectivity index (χ4v) is 1.69. The fourth-order valence-electron chi connectivity index (χ4n) is 1.69. The predicted octanol–water partition coefficient (Wildman–Crippen LogP) is 4.88. The summed E-state index contributed by atoms with van der Waals surface area (Å²) in [7, 11) is 1.35. The SMILES string of the molecule is COC(=O)/C=C/C/C=C/C#CC#C/C=C/C/C=C/C=C/c1ccccc1. The van der Waals surface area contributed by atoms with Crippen LogP contribution >= 0.6 is 0 Å². The zero-order chi connectivity index (χ0) is 18.7. The van der Waals surface area contributed by atoms with Crippen LogP contribution in [0.3, 0.4) is 0 Å². The monoisotopic (exact) mass is 342 g/mol. The molecule has 0 fully saturated rings. The largest absolute Gasteiger partial charge is 0.466 e. The first-order chi connectivity index (χ1) is 12.8. The van der Waals surface area contributed by atoms with Crippen molar-refractivity contribution in [3.05, 3.63) is 90.6 Å². The number of methoxy groups -OCH3 is 1. The number of carbonyl (C=O) groups excluding carboxylic acids is 1. The van der Waals surface area contributed by atoms with Crippen molar-refractivity contribution in [2.24, 2.45) is 0 Å². The molecule has 1 aromatic rings. The van der Waals surface area contributed by atoms with Crippen LogP contribution in [0.15, 0.2) is 85.0 Å². The normalized spacial score (nSPS) is 11.1. The van der Waals surface area contributed by atoms with Gasteiger partial charge in [0, 0.05) is 6.08 Å². The first-order valence-electron chi connectivity index (χ1n) is 8.26. The van der Waals surface area contributed by atoms with Gasteiger partial charge in [-0.05, 0) is 42.4 Å². The Kier molecular flexibility index (Phi) is 11.9. The lowest BCUT2D eigenvalue weighted by Crippen LogP contribution is -1.92. The van der Waals surface area contributed by atoms with Crippen LogP contribution < -0.4 is 0 Å². The molecule has 0 N–H and O–H groups in total. The molecule has 0 aromatic heterocycles. The molecule has 1 rings (SSSR count). The van der Waals surface area contributed by atoms with Crippen molar-refractivity contribution >= 4 is 12.0 Å². The molecule has 0 aliphatic rings. The van der Waals surface area contributed by atoms with Gasteiger partial charge < -0.3 is 4.74 Å². The highest BCUT2D eigenvalue weighted by Gasteiger charge is 1.86. The van der Waals surface area contributed by atoms with Gasteiger partial charge in [-0.2, -0.15) is 0 Å². The third-order valence-electron chi connectivity index (χ3n) is 2.94. The van der Waals surface area contributed by atoms with E-state index in [4.69, 9.17) is 0 Å². The van der Waals surface area contributed by atoms with E-state index in [0.717, 1.165) is 6.42 Å². The molecule has 0 unspecified atom stereocenters. The number of benzene rings is 1. The predicted molar refractivity (Wildman–Crippen MR) is 109 cm³/mol. The summed E-state index contributed by atoms with van der Waals surface area (Å²) in [5.74, 6) is 10.8. The average molecular weight is 342 g/mol. The number of esters is 1. The van der Waals surface area contributed by atoms with Gasteiger partial charge in [-0.1, -0.05) is 84.7 Å². The standard InChI is InChI=1S/C24H22O2/c1-26-24(25)22-18-13-11-9-7-5-3-2-4-6-8-10-12-15-19-23-20-16-14-17-21-23/h4,6,9-12,14-22H,8,13H2,1H3/b6-4+,11-9+,12-10+,19-15+,22-18+. The van der Waals surface area contributed by atoms with E-state index in [1.807, 2.05) is 42.5 Å². The summed E-state index contributed by atoms with van der Waals surface area (Å²) in [5, 5.41) is 0. The first-order valence-corrected chi connectivity index (χ1v) is 8.26. The molecule has 0 heterocycles. The smallest absolute Gasteiger partial charge is 0.330 e. The van der Waals surface area contributed by atoms with Crippen LogP contribution in [0.5, 0.6) is 0 Å². The zero-order valence-electron chi connectivity index (χ0n) is 14.9. The molecule has 26 heavy (non-hydrogen) atoms. The van der Waals surface area contributed by atoms with Gasteiger partial charge in [0.1, 0.15) is 0 Å². The molecule has 0 saturated carbocycles. The molecule has 1 aromatic carbocycles. The van der Waals surface area contributed by atoms with Gasteiger partial charge >= 0.3 is 5.97 Å². The van der Waals surface area contributed by atoms with Gasteiger partial charge in [0.25, 0.3) is 0 Å². The molecular weight excluding hydrogens is 320 g/mol. The first kappa shape index (κ1) is 20.6. The molecule has 130 valence electrons. The van der Waals surface area contributed by atoms with Crippen LogP contribution in [-0.2, 0) is 9.53 Å². The van der Waals surface area contributed by atoms with Crippen LogP contribution in [0.2, 0.25) is 0 Å². The molecular formula is C24H22O2. The zero-order valence-corrected chi connectivity index (χ0v) is 14.9. The van der Waals surface area contributed by atoms with Gasteiger partial charge in [-0.15, -0.1) is 0 Å². The topological polar surface area (TPSA) is 26.3 Å². The fraction of sp³-hybridized carbons (Fsp3) is 0.125. The highest BCUT2D eigenvalue weighted by molar-refractivity contribution is 5.81. The van der Waals surface area contributed by atoms with E-state index in [2.05, 4.69) is 52.7 Å². The van der Waals surface area contributed by atoms with Crippen LogP contribution in [0.25, 0.3) is 6.08 Å². The minimum atomic E-state index is -0.357. The Labute approximate surface area is 156 Å². The number of hydrogen-bond donors (Lipinski definition) is 0. The maximum absolute atomic E-state index is 10.8. The number of carbonyl (C=O) groups is 1. The van der Waals surface area contributed by atoms with Crippen molar-refractivity contribution < 1.29 is 9.53 Å². The Bertz CT molecular complexity index is 798. The minimum absolute atomic E-state index is 0.357. The average Bonchev–Trinajstić information content (AvgIpc) is 2.68. The second kappa shape index (κ2) is 15.1. The van der Waals surface area contributed by atoms with Crippen molar-refractivity contribution in [1.29, 1.82) is 0 Å². The number of allylic oxidation sites excluding steroid dienone is 8. The maximum atomic E-state index is 10.8. The lowest BCUT2D eigenvalue weighted by atomic mass is 10.2. The molecule has 0 amide bonds. The quantitative estimate of drug-likeness (QED) is 0.305. The van der Waals surface area contributed by atoms with E-state index >= 15 is 0 Å². The van der Waals surface area contributed by atoms with Gasteiger partial charge in [0.2, 0.25) is 0 Å². The minimum Gasteiger partial charge on any atom is -0.466 e. The summed E-state index contributed by atoms with van der Waals surface area (Å²) >= 11 is 0. The van der Waals surface area contributed by atoms with E-state index < -0.39 is 0 Å². The summed E-state index contributed by atoms with van der Waals surface area (Å²) < 4.78 is 4.48. The summed E-state index contributed by atoms with van der Waals surface area (Å²) in [4.78, 5) is 10.8. The van der Waals surface area contributed by atoms with Crippen molar-refractivity contribution in [1.82, 2.24) is 0 Å². The molecule has 0 bridgehead atoms. The number of rotatable bonds is 7. The number of hydrogen-bond acceptors (Lipinski definition) is 2. The summed E-state index contributed by atoms with van der Waals surface area (Å²) in [6.07, 6.45) is 20.0. The lowest BCUT2D eigenvalue weighted by molar-refractivity contribution is -0.134. The van der Waals surface area contributed by atoms with Gasteiger partial charge in [0.05, 0.1) is 7.11 Å². The van der Waals surface area contributed by atoms with Gasteiger partial charge in [0.15, 0.2) is 0 Å². The maximum Gasteiger partial charge on any atom is 0.330 e. The molecule has 0 aliphatic carbocycles. The van der Waals surface area contributed by atoms with Crippen molar-refractivity contribution in [2.75, 3.05) is 7.11 Å². The van der Waals surface area contributed by atoms with Crippen LogP contribution in [-0.4, -0.2) is 13.1 Å². The number of ether oxygens (including phenoxy) is 1. The molecule has 0 atom stereocenters.